The van der Waals surface area contributed by atoms with Gasteiger partial charge in [-0.05, 0) is 55.7 Å². The van der Waals surface area contributed by atoms with Gasteiger partial charge in [-0.15, -0.1) is 0 Å². The molecule has 2 N–H and O–H groups in total. The molecule has 1 aliphatic heterocycles. The number of aryl methyl sites for hydroxylation is 2. The topological polar surface area (TPSA) is 83.3 Å². The van der Waals surface area contributed by atoms with E-state index < -0.39 is 0 Å². The van der Waals surface area contributed by atoms with Crippen molar-refractivity contribution >= 4 is 11.7 Å². The number of rotatable bonds is 5. The van der Waals surface area contributed by atoms with E-state index in [0.29, 0.717) is 18.3 Å². The molecule has 3 aromatic rings. The van der Waals surface area contributed by atoms with E-state index in [2.05, 4.69) is 32.6 Å². The molecular weight excluding hydrogens is 366 g/mol. The predicted molar refractivity (Wildman–Crippen MR) is 111 cm³/mol. The Morgan fingerprint density at radius 1 is 1.17 bits per heavy atom. The van der Waals surface area contributed by atoms with Crippen molar-refractivity contribution in [3.63, 3.8) is 0 Å². The van der Waals surface area contributed by atoms with Crippen molar-refractivity contribution in [1.29, 1.82) is 0 Å². The van der Waals surface area contributed by atoms with Gasteiger partial charge in [-0.2, -0.15) is 4.98 Å². The van der Waals surface area contributed by atoms with Crippen LogP contribution in [0.4, 0.5) is 10.5 Å². The van der Waals surface area contributed by atoms with Crippen LogP contribution in [0.1, 0.15) is 23.4 Å². The Bertz CT molecular complexity index is 986. The smallest absolute Gasteiger partial charge is 0.319 e. The van der Waals surface area contributed by atoms with Gasteiger partial charge >= 0.3 is 6.03 Å². The third kappa shape index (κ3) is 4.81. The molecule has 2 heterocycles. The highest BCUT2D eigenvalue weighted by molar-refractivity contribution is 5.89. The van der Waals surface area contributed by atoms with E-state index in [1.54, 1.807) is 0 Å². The molecule has 7 heteroatoms. The normalized spacial score (nSPS) is 16.7. The standard InChI is InChI=1S/C22H25N5O2/c1-15-8-9-18(12-16(15)2)23-22(28)24-19-10-11-27(13-19)14-20-25-21(29-26-20)17-6-4-3-5-7-17/h3-9,12,19H,10-11,13-14H2,1-2H3,(H2,23,24,28)/t19-/m0/s1. The first kappa shape index (κ1) is 19.1. The molecule has 1 fully saturated rings. The van der Waals surface area contributed by atoms with Crippen molar-refractivity contribution in [2.75, 3.05) is 18.4 Å². The quantitative estimate of drug-likeness (QED) is 0.692. The average molecular weight is 391 g/mol. The van der Waals surface area contributed by atoms with Crippen molar-refractivity contribution in [3.8, 4) is 11.5 Å². The van der Waals surface area contributed by atoms with E-state index >= 15 is 0 Å². The highest BCUT2D eigenvalue weighted by Crippen LogP contribution is 2.18. The summed E-state index contributed by atoms with van der Waals surface area (Å²) in [6.45, 7) is 6.33. The van der Waals surface area contributed by atoms with Gasteiger partial charge in [0, 0.05) is 30.4 Å². The number of nitrogens with one attached hydrogen (secondary N) is 2. The molecule has 1 aliphatic rings. The number of hydrogen-bond donors (Lipinski definition) is 2. The lowest BCUT2D eigenvalue weighted by Gasteiger charge is -2.16. The van der Waals surface area contributed by atoms with Crippen molar-refractivity contribution in [2.24, 2.45) is 0 Å². The summed E-state index contributed by atoms with van der Waals surface area (Å²) in [7, 11) is 0. The molecule has 7 nitrogen and oxygen atoms in total. The summed E-state index contributed by atoms with van der Waals surface area (Å²) in [5.74, 6) is 1.19. The highest BCUT2D eigenvalue weighted by Gasteiger charge is 2.25. The van der Waals surface area contributed by atoms with Crippen LogP contribution in [-0.2, 0) is 6.54 Å². The lowest BCUT2D eigenvalue weighted by atomic mass is 10.1. The second kappa shape index (κ2) is 8.45. The van der Waals surface area contributed by atoms with Crippen molar-refractivity contribution in [2.45, 2.75) is 32.9 Å². The van der Waals surface area contributed by atoms with E-state index in [0.717, 1.165) is 36.3 Å². The molecule has 1 atom stereocenters. The summed E-state index contributed by atoms with van der Waals surface area (Å²) < 4.78 is 5.37. The number of carbonyl (C=O) groups is 1. The van der Waals surface area contributed by atoms with Crippen LogP contribution in [0.5, 0.6) is 0 Å². The third-order valence-corrected chi connectivity index (χ3v) is 5.23. The summed E-state index contributed by atoms with van der Waals surface area (Å²) in [5, 5.41) is 10.1. The molecule has 0 unspecified atom stereocenters. The Morgan fingerprint density at radius 3 is 2.79 bits per heavy atom. The van der Waals surface area contributed by atoms with Gasteiger partial charge in [0.1, 0.15) is 0 Å². The SMILES string of the molecule is Cc1ccc(NC(=O)N[C@H]2CCN(Cc3noc(-c4ccccc4)n3)C2)cc1C. The van der Waals surface area contributed by atoms with Gasteiger partial charge in [0.05, 0.1) is 6.54 Å². The lowest BCUT2D eigenvalue weighted by Crippen LogP contribution is -2.39. The van der Waals surface area contributed by atoms with E-state index in [-0.39, 0.29) is 12.1 Å². The highest BCUT2D eigenvalue weighted by atomic mass is 16.5. The van der Waals surface area contributed by atoms with Crippen molar-refractivity contribution < 1.29 is 9.32 Å². The van der Waals surface area contributed by atoms with Crippen LogP contribution < -0.4 is 10.6 Å². The van der Waals surface area contributed by atoms with Gasteiger partial charge < -0.3 is 15.2 Å². The fourth-order valence-corrected chi connectivity index (χ4v) is 3.48. The minimum atomic E-state index is -0.175. The molecule has 0 saturated carbocycles. The number of likely N-dealkylation sites (tertiary alicyclic amines) is 1. The van der Waals surface area contributed by atoms with E-state index in [9.17, 15) is 4.79 Å². The zero-order chi connectivity index (χ0) is 20.2. The van der Waals surface area contributed by atoms with Crippen LogP contribution in [0.3, 0.4) is 0 Å². The number of carbonyl (C=O) groups excluding carboxylic acids is 1. The Morgan fingerprint density at radius 2 is 2.00 bits per heavy atom. The largest absolute Gasteiger partial charge is 0.334 e. The number of urea groups is 1. The number of benzene rings is 2. The maximum absolute atomic E-state index is 12.3. The van der Waals surface area contributed by atoms with Crippen molar-refractivity contribution in [3.05, 3.63) is 65.5 Å². The lowest BCUT2D eigenvalue weighted by molar-refractivity contribution is 0.247. The number of anilines is 1. The Labute approximate surface area is 170 Å². The number of aromatic nitrogens is 2. The van der Waals surface area contributed by atoms with E-state index in [1.165, 1.54) is 5.56 Å². The average Bonchev–Trinajstić information content (AvgIpc) is 3.35. The van der Waals surface area contributed by atoms with Crippen LogP contribution >= 0.6 is 0 Å². The fraction of sp³-hybridized carbons (Fsp3) is 0.318. The summed E-state index contributed by atoms with van der Waals surface area (Å²) in [6.07, 6.45) is 0.893. The van der Waals surface area contributed by atoms with Crippen LogP contribution in [0.25, 0.3) is 11.5 Å². The molecule has 0 bridgehead atoms. The predicted octanol–water partition coefficient (Wildman–Crippen LogP) is 3.75. The van der Waals surface area contributed by atoms with Gasteiger partial charge in [-0.1, -0.05) is 29.4 Å². The number of nitrogens with zero attached hydrogens (tertiary/aromatic N) is 3. The second-order valence-corrected chi connectivity index (χ2v) is 7.50. The summed E-state index contributed by atoms with van der Waals surface area (Å²) in [5.41, 5.74) is 4.08. The maximum atomic E-state index is 12.3. The van der Waals surface area contributed by atoms with Gasteiger partial charge in [-0.25, -0.2) is 4.79 Å². The van der Waals surface area contributed by atoms with Crippen molar-refractivity contribution in [1.82, 2.24) is 20.4 Å². The molecule has 2 aromatic carbocycles. The van der Waals surface area contributed by atoms with Gasteiger partial charge in [0.15, 0.2) is 5.82 Å². The molecule has 0 spiro atoms. The number of hydrogen-bond acceptors (Lipinski definition) is 5. The minimum absolute atomic E-state index is 0.0991. The molecule has 29 heavy (non-hydrogen) atoms. The van der Waals surface area contributed by atoms with Crippen LogP contribution in [-0.4, -0.2) is 40.2 Å². The second-order valence-electron chi connectivity index (χ2n) is 7.50. The van der Waals surface area contributed by atoms with Crippen LogP contribution in [0.15, 0.2) is 53.1 Å². The maximum Gasteiger partial charge on any atom is 0.319 e. The molecule has 0 radical (unpaired) electrons. The third-order valence-electron chi connectivity index (χ3n) is 5.23. The first-order chi connectivity index (χ1) is 14.1. The molecular formula is C22H25N5O2. The monoisotopic (exact) mass is 391 g/mol. The Hall–Kier alpha value is -3.19. The fourth-order valence-electron chi connectivity index (χ4n) is 3.48. The van der Waals surface area contributed by atoms with Crippen LogP contribution in [0, 0.1) is 13.8 Å². The Kier molecular flexibility index (Phi) is 5.57. The molecule has 0 aliphatic carbocycles. The zero-order valence-electron chi connectivity index (χ0n) is 16.7. The first-order valence-corrected chi connectivity index (χ1v) is 9.82. The molecule has 1 aromatic heterocycles. The van der Waals surface area contributed by atoms with Crippen LogP contribution in [0.2, 0.25) is 0 Å². The Balaban J connectivity index is 1.27. The van der Waals surface area contributed by atoms with Gasteiger partial charge in [-0.3, -0.25) is 4.90 Å². The minimum Gasteiger partial charge on any atom is -0.334 e. The molecule has 1 saturated heterocycles. The zero-order valence-corrected chi connectivity index (χ0v) is 16.7. The summed E-state index contributed by atoms with van der Waals surface area (Å²) in [6, 6.07) is 15.6. The first-order valence-electron chi connectivity index (χ1n) is 9.82. The summed E-state index contributed by atoms with van der Waals surface area (Å²) >= 11 is 0. The van der Waals surface area contributed by atoms with Gasteiger partial charge in [0.25, 0.3) is 5.89 Å². The molecule has 150 valence electrons. The van der Waals surface area contributed by atoms with E-state index in [4.69, 9.17) is 4.52 Å². The molecule has 4 rings (SSSR count). The molecule has 2 amide bonds. The summed E-state index contributed by atoms with van der Waals surface area (Å²) in [4.78, 5) is 19.0. The van der Waals surface area contributed by atoms with Gasteiger partial charge in [0.2, 0.25) is 0 Å². The van der Waals surface area contributed by atoms with E-state index in [1.807, 2.05) is 55.5 Å². The number of amides is 2.